The van der Waals surface area contributed by atoms with E-state index in [2.05, 4.69) is 20.5 Å². The van der Waals surface area contributed by atoms with Gasteiger partial charge in [0.25, 0.3) is 0 Å². The Morgan fingerprint density at radius 1 is 1.19 bits per heavy atom. The van der Waals surface area contributed by atoms with E-state index in [1.165, 1.54) is 0 Å². The molecular weight excluding hydrogens is 356 g/mol. The molecule has 0 spiro atoms. The number of rotatable bonds is 8. The van der Waals surface area contributed by atoms with E-state index >= 15 is 0 Å². The number of sulfone groups is 1. The predicted octanol–water partition coefficient (Wildman–Crippen LogP) is -0.162. The summed E-state index contributed by atoms with van der Waals surface area (Å²) < 4.78 is 28.9. The van der Waals surface area contributed by atoms with E-state index in [0.29, 0.717) is 32.3 Å². The lowest BCUT2D eigenvalue weighted by atomic mass is 10.1. The molecule has 1 rings (SSSR count). The smallest absolute Gasteiger partial charge is 0.191 e. The lowest BCUT2D eigenvalue weighted by Gasteiger charge is -2.33. The van der Waals surface area contributed by atoms with Crippen molar-refractivity contribution in [2.45, 2.75) is 45.0 Å². The van der Waals surface area contributed by atoms with Crippen molar-refractivity contribution < 1.29 is 18.3 Å². The van der Waals surface area contributed by atoms with Crippen molar-refractivity contribution in [3.05, 3.63) is 0 Å². The van der Waals surface area contributed by atoms with E-state index in [1.54, 1.807) is 27.7 Å². The minimum Gasteiger partial charge on any atom is -0.387 e. The summed E-state index contributed by atoms with van der Waals surface area (Å²) in [7, 11) is -3.18. The fraction of sp³-hybridized carbons (Fsp3) is 0.941. The molecule has 0 radical (unpaired) electrons. The van der Waals surface area contributed by atoms with Crippen LogP contribution in [0.4, 0.5) is 0 Å². The van der Waals surface area contributed by atoms with Crippen molar-refractivity contribution in [1.82, 2.24) is 15.5 Å². The molecule has 1 unspecified atom stereocenters. The van der Waals surface area contributed by atoms with Crippen molar-refractivity contribution in [3.63, 3.8) is 0 Å². The summed E-state index contributed by atoms with van der Waals surface area (Å²) in [5.41, 5.74) is -0.961. The fourth-order valence-electron chi connectivity index (χ4n) is 2.49. The van der Waals surface area contributed by atoms with Gasteiger partial charge in [0.05, 0.1) is 35.9 Å². The Bertz CT molecular complexity index is 550. The van der Waals surface area contributed by atoms with Gasteiger partial charge in [-0.25, -0.2) is 8.42 Å². The third-order valence-corrected chi connectivity index (χ3v) is 6.79. The van der Waals surface area contributed by atoms with Gasteiger partial charge in [-0.2, -0.15) is 0 Å². The Hall–Kier alpha value is -0.900. The van der Waals surface area contributed by atoms with Crippen molar-refractivity contribution in [2.24, 2.45) is 4.99 Å². The van der Waals surface area contributed by atoms with Crippen molar-refractivity contribution in [3.8, 4) is 0 Å². The number of nitrogens with one attached hydrogen (secondary N) is 2. The second-order valence-electron chi connectivity index (χ2n) is 7.94. The number of aliphatic imine (C=N–C) groups is 1. The first-order valence-corrected chi connectivity index (χ1v) is 10.9. The molecule has 8 nitrogen and oxygen atoms in total. The molecular formula is C17H36N4O4S. The van der Waals surface area contributed by atoms with Gasteiger partial charge in [-0.15, -0.1) is 0 Å². The monoisotopic (exact) mass is 392 g/mol. The van der Waals surface area contributed by atoms with Crippen LogP contribution in [0.3, 0.4) is 0 Å². The lowest BCUT2D eigenvalue weighted by Crippen LogP contribution is -2.48. The first kappa shape index (κ1) is 23.1. The molecule has 0 amide bonds. The minimum atomic E-state index is -3.18. The molecule has 0 bridgehead atoms. The quantitative estimate of drug-likeness (QED) is 0.389. The molecule has 26 heavy (non-hydrogen) atoms. The summed E-state index contributed by atoms with van der Waals surface area (Å²) in [6.45, 7) is 13.5. The molecule has 1 heterocycles. The van der Waals surface area contributed by atoms with Gasteiger partial charge in [0.1, 0.15) is 0 Å². The first-order valence-electron chi connectivity index (χ1n) is 9.24. The maximum Gasteiger partial charge on any atom is 0.191 e. The van der Waals surface area contributed by atoms with E-state index in [4.69, 9.17) is 4.74 Å². The van der Waals surface area contributed by atoms with Crippen LogP contribution in [0.15, 0.2) is 4.99 Å². The van der Waals surface area contributed by atoms with Gasteiger partial charge in [-0.1, -0.05) is 0 Å². The van der Waals surface area contributed by atoms with Crippen LogP contribution in [0, 0.1) is 0 Å². The van der Waals surface area contributed by atoms with Crippen LogP contribution in [0.1, 0.15) is 34.6 Å². The van der Waals surface area contributed by atoms with Gasteiger partial charge in [-0.3, -0.25) is 9.89 Å². The maximum atomic E-state index is 12.2. The van der Waals surface area contributed by atoms with Crippen molar-refractivity contribution in [1.29, 1.82) is 0 Å². The second-order valence-corrected chi connectivity index (χ2v) is 10.8. The van der Waals surface area contributed by atoms with E-state index in [0.717, 1.165) is 13.1 Å². The van der Waals surface area contributed by atoms with E-state index in [-0.39, 0.29) is 18.8 Å². The highest BCUT2D eigenvalue weighted by atomic mass is 32.2. The third kappa shape index (κ3) is 8.20. The number of β-amino-alcohol motifs (C(OH)–C–C–N with tert-alkyl or cyclic N) is 1. The Labute approximate surface area is 158 Å². The summed E-state index contributed by atoms with van der Waals surface area (Å²) in [6.07, 6.45) is 0. The molecule has 9 heteroatoms. The molecule has 0 aromatic heterocycles. The zero-order valence-electron chi connectivity index (χ0n) is 16.8. The van der Waals surface area contributed by atoms with Gasteiger partial charge in [0.2, 0.25) is 0 Å². The zero-order chi connectivity index (χ0) is 19.8. The first-order chi connectivity index (χ1) is 12.0. The van der Waals surface area contributed by atoms with Gasteiger partial charge in [0.15, 0.2) is 15.8 Å². The van der Waals surface area contributed by atoms with Crippen LogP contribution in [-0.2, 0) is 14.6 Å². The average molecular weight is 393 g/mol. The summed E-state index contributed by atoms with van der Waals surface area (Å²) in [4.78, 5) is 6.59. The number of ether oxygens (including phenoxy) is 1. The Morgan fingerprint density at radius 2 is 1.81 bits per heavy atom. The topological polar surface area (TPSA) is 103 Å². The number of morpholine rings is 1. The van der Waals surface area contributed by atoms with Gasteiger partial charge in [0, 0.05) is 32.7 Å². The van der Waals surface area contributed by atoms with Gasteiger partial charge >= 0.3 is 0 Å². The standard InChI is InChI=1S/C17H36N4O4S/c1-6-18-15(19-7-12-26(23,24)16(2,3)4)20-13-17(5,22)14-21-8-10-25-11-9-21/h22H,6-14H2,1-5H3,(H2,18,19,20). The largest absolute Gasteiger partial charge is 0.387 e. The Morgan fingerprint density at radius 3 is 2.35 bits per heavy atom. The summed E-state index contributed by atoms with van der Waals surface area (Å²) >= 11 is 0. The normalized spacial score (nSPS) is 19.8. The molecule has 0 saturated carbocycles. The maximum absolute atomic E-state index is 12.2. The Kier molecular flexibility index (Phi) is 8.78. The van der Waals surface area contributed by atoms with Gasteiger partial charge in [-0.05, 0) is 34.6 Å². The van der Waals surface area contributed by atoms with Crippen LogP contribution < -0.4 is 10.6 Å². The van der Waals surface area contributed by atoms with Crippen LogP contribution in [0.25, 0.3) is 0 Å². The molecule has 0 aliphatic carbocycles. The molecule has 1 aliphatic heterocycles. The molecule has 154 valence electrons. The van der Waals surface area contributed by atoms with Crippen LogP contribution in [0.5, 0.6) is 0 Å². The molecule has 1 atom stereocenters. The van der Waals surface area contributed by atoms with Crippen LogP contribution in [-0.4, -0.2) is 93.0 Å². The summed E-state index contributed by atoms with van der Waals surface area (Å²) in [5.74, 6) is 0.546. The van der Waals surface area contributed by atoms with E-state index in [9.17, 15) is 13.5 Å². The number of nitrogens with zero attached hydrogens (tertiary/aromatic N) is 2. The van der Waals surface area contributed by atoms with Crippen LogP contribution in [0.2, 0.25) is 0 Å². The summed E-state index contributed by atoms with van der Waals surface area (Å²) in [6, 6.07) is 0. The second kappa shape index (κ2) is 9.87. The number of hydrogen-bond acceptors (Lipinski definition) is 6. The predicted molar refractivity (Wildman–Crippen MR) is 105 cm³/mol. The SMILES string of the molecule is CCNC(=NCC(C)(O)CN1CCOCC1)NCCS(=O)(=O)C(C)(C)C. The molecule has 0 aromatic rings. The van der Waals surface area contributed by atoms with Crippen LogP contribution >= 0.6 is 0 Å². The van der Waals surface area contributed by atoms with E-state index in [1.807, 2.05) is 6.92 Å². The van der Waals surface area contributed by atoms with Crippen molar-refractivity contribution >= 4 is 15.8 Å². The van der Waals surface area contributed by atoms with Crippen molar-refractivity contribution in [2.75, 3.05) is 58.2 Å². The molecule has 1 saturated heterocycles. The molecule has 1 aliphatic rings. The average Bonchev–Trinajstić information content (AvgIpc) is 2.52. The highest BCUT2D eigenvalue weighted by Crippen LogP contribution is 2.15. The molecule has 0 aromatic carbocycles. The lowest BCUT2D eigenvalue weighted by molar-refractivity contribution is -0.0179. The number of guanidine groups is 1. The highest BCUT2D eigenvalue weighted by molar-refractivity contribution is 7.92. The Balaban J connectivity index is 2.56. The number of aliphatic hydroxyl groups is 1. The van der Waals surface area contributed by atoms with E-state index < -0.39 is 20.2 Å². The highest BCUT2D eigenvalue weighted by Gasteiger charge is 2.28. The number of hydrogen-bond donors (Lipinski definition) is 3. The summed E-state index contributed by atoms with van der Waals surface area (Å²) in [5, 5.41) is 16.7. The minimum absolute atomic E-state index is 0.0328. The molecule has 3 N–H and O–H groups in total. The molecule has 1 fully saturated rings. The fourth-order valence-corrected chi connectivity index (χ4v) is 3.48. The zero-order valence-corrected chi connectivity index (χ0v) is 17.7. The third-order valence-electron chi connectivity index (χ3n) is 4.19. The van der Waals surface area contributed by atoms with Gasteiger partial charge < -0.3 is 20.5 Å².